The van der Waals surface area contributed by atoms with E-state index >= 15 is 0 Å². The minimum absolute atomic E-state index is 0.119. The van der Waals surface area contributed by atoms with Crippen LogP contribution >= 0.6 is 0 Å². The summed E-state index contributed by atoms with van der Waals surface area (Å²) >= 11 is 0. The number of nitrogens with two attached hydrogens (primary N) is 1. The maximum Gasteiger partial charge on any atom is 0.329 e. The predicted molar refractivity (Wildman–Crippen MR) is 262 cm³/mol. The summed E-state index contributed by atoms with van der Waals surface area (Å²) in [6.45, 7) is 5.66. The highest BCUT2D eigenvalue weighted by Crippen LogP contribution is 2.35. The van der Waals surface area contributed by atoms with Gasteiger partial charge in [0.2, 0.25) is 0 Å². The number of amides is 2. The average molecular weight is 1030 g/mol. The summed E-state index contributed by atoms with van der Waals surface area (Å²) in [5.74, 6) is -3.82. The largest absolute Gasteiger partial charge is 0.462 e. The zero-order valence-electron chi connectivity index (χ0n) is 41.5. The van der Waals surface area contributed by atoms with Gasteiger partial charge in [0.25, 0.3) is 0 Å². The van der Waals surface area contributed by atoms with E-state index in [1.165, 1.54) is 6.92 Å². The molecule has 3 rings (SSSR count). The van der Waals surface area contributed by atoms with Crippen LogP contribution in [0.2, 0.25) is 0 Å². The van der Waals surface area contributed by atoms with Crippen LogP contribution in [0, 0.1) is 11.8 Å². The number of fused-ring (bicyclic) bond motifs is 2. The van der Waals surface area contributed by atoms with Crippen LogP contribution in [0.25, 0.3) is 0 Å². The molecule has 17 N–H and O–H groups in total. The summed E-state index contributed by atoms with van der Waals surface area (Å²) in [6.07, 6.45) is 3.63. The van der Waals surface area contributed by atoms with Crippen LogP contribution in [0.4, 0.5) is 4.79 Å². The number of carbonyl (C=O) groups is 2. The van der Waals surface area contributed by atoms with Crippen molar-refractivity contribution in [3.63, 3.8) is 0 Å². The van der Waals surface area contributed by atoms with Gasteiger partial charge in [-0.3, -0.25) is 10.2 Å². The number of rotatable bonds is 7. The van der Waals surface area contributed by atoms with Gasteiger partial charge in [0.05, 0.1) is 105 Å². The van der Waals surface area contributed by atoms with Crippen LogP contribution in [-0.4, -0.2) is 196 Å². The zero-order valence-corrected chi connectivity index (χ0v) is 41.5. The lowest BCUT2D eigenvalue weighted by Gasteiger charge is -2.46. The maximum atomic E-state index is 13.1. The number of hydrogen-bond donors (Lipinski definition) is 16. The maximum absolute atomic E-state index is 13.1. The molecule has 0 saturated carbocycles. The van der Waals surface area contributed by atoms with Crippen molar-refractivity contribution in [2.24, 2.45) is 17.6 Å². The highest BCUT2D eigenvalue weighted by Gasteiger charge is 2.49. The fourth-order valence-corrected chi connectivity index (χ4v) is 8.34. The molecule has 3 aliphatic rings. The highest BCUT2D eigenvalue weighted by atomic mass is 16.7. The number of nitrogens with one attached hydrogen (secondary N) is 3. The number of ether oxygens (including phenoxy) is 4. The van der Waals surface area contributed by atoms with E-state index in [0.717, 1.165) is 0 Å². The summed E-state index contributed by atoms with van der Waals surface area (Å²) in [5, 5.41) is 131. The molecule has 2 fully saturated rings. The summed E-state index contributed by atoms with van der Waals surface area (Å²) in [7, 11) is 0. The van der Waals surface area contributed by atoms with Crippen molar-refractivity contribution >= 4 is 12.0 Å². The van der Waals surface area contributed by atoms with Gasteiger partial charge in [-0.05, 0) is 33.1 Å². The summed E-state index contributed by atoms with van der Waals surface area (Å²) in [5.41, 5.74) is 10.8. The molecule has 3 heterocycles. The van der Waals surface area contributed by atoms with Crippen LogP contribution in [0.1, 0.15) is 79.1 Å². The third kappa shape index (κ3) is 21.6. The van der Waals surface area contributed by atoms with Gasteiger partial charge in [-0.15, -0.1) is 0 Å². The second kappa shape index (κ2) is 31.9. The molecule has 0 unspecified atom stereocenters. The number of aliphatic hydroxyl groups excluding tert-OH is 11. The Labute approximate surface area is 421 Å². The second-order valence-electron chi connectivity index (χ2n) is 19.0. The Hall–Kier alpha value is -3.76. The average Bonchev–Trinajstić information content (AvgIpc) is 3.31. The zero-order chi connectivity index (χ0) is 53.5. The smallest absolute Gasteiger partial charge is 0.329 e. The SMILES string of the molecule is C[C@@H]1[C@H](O)[C@@H](C)/C=C/C=C/C=C/C=C/C=C/C=C/C=C/[C@H](O[C@@H]2O[C@H](C)[C@@H](O)[C@H](N)[C@@H]2O)C[C@@H]2O[C@](O)(C[C@@H](O)C[C@@H](O)[C@H](O)CC[C@@H](O)C[C@@H](O)CC(=O)O[C@H]1C)C[C@H](O)[C@H]2NC(=O)NNC(CO)CO. The molecule has 0 aromatic carbocycles. The number of urea groups is 1. The quantitative estimate of drug-likeness (QED) is 0.102. The van der Waals surface area contributed by atoms with Gasteiger partial charge in [-0.2, -0.15) is 0 Å². The number of cyclic esters (lactones) is 1. The van der Waals surface area contributed by atoms with Gasteiger partial charge in [0.15, 0.2) is 12.1 Å². The summed E-state index contributed by atoms with van der Waals surface area (Å²) in [6, 6.07) is -4.35. The van der Waals surface area contributed by atoms with E-state index in [1.807, 2.05) is 13.0 Å². The molecule has 22 heteroatoms. The fraction of sp³-hybridized carbons (Fsp3) is 0.680. The lowest BCUT2D eigenvalue weighted by atomic mass is 9.87. The first-order chi connectivity index (χ1) is 34.1. The van der Waals surface area contributed by atoms with Crippen molar-refractivity contribution in [2.75, 3.05) is 13.2 Å². The van der Waals surface area contributed by atoms with Crippen molar-refractivity contribution in [1.29, 1.82) is 0 Å². The summed E-state index contributed by atoms with van der Waals surface area (Å²) < 4.78 is 23.6. The van der Waals surface area contributed by atoms with Crippen molar-refractivity contribution in [3.8, 4) is 0 Å². The molecule has 410 valence electrons. The molecule has 0 aromatic heterocycles. The van der Waals surface area contributed by atoms with Crippen molar-refractivity contribution in [1.82, 2.24) is 16.2 Å². The summed E-state index contributed by atoms with van der Waals surface area (Å²) in [4.78, 5) is 25.8. The van der Waals surface area contributed by atoms with E-state index in [4.69, 9.17) is 24.7 Å². The van der Waals surface area contributed by atoms with E-state index in [0.29, 0.717) is 0 Å². The van der Waals surface area contributed by atoms with Crippen molar-refractivity contribution < 1.29 is 89.8 Å². The molecular weight excluding hydrogens is 945 g/mol. The number of allylic oxidation sites excluding steroid dienone is 12. The third-order valence-electron chi connectivity index (χ3n) is 12.9. The minimum atomic E-state index is -2.33. The van der Waals surface area contributed by atoms with Crippen molar-refractivity contribution in [2.45, 2.75) is 189 Å². The standard InChI is InChI=1S/C50H82N4O18/c1-29-17-15-13-11-9-7-5-6-8-10-12-14-16-18-37(71-48-47(66)43(51)46(65)32(4)70-48)24-41-44(52-49(67)54-53-33(27-55)28-56)40(62)26-50(68,72-41)25-36(59)22-39(61)38(60)20-19-34(57)21-35(58)23-42(63)69-31(3)30(2)45(29)64/h5-18,29-41,43-48,53,55-62,64-66,68H,19-28,51H2,1-4H3,(H2,52,54,67)/b6-5+,9-7+,10-8+,13-11+,14-12+,17-15+,18-16+/t29-,30-,31-,32+,34+,35+,36-,37-,38+,39+,40-,41-,43-,44+,45+,46+,47-,48-,50+/m0/s1. The molecular formula is C50H82N4O18. The van der Waals surface area contributed by atoms with Gasteiger partial charge in [0.1, 0.15) is 12.2 Å². The third-order valence-corrected chi connectivity index (χ3v) is 12.9. The molecule has 2 bridgehead atoms. The Bertz CT molecular complexity index is 1810. The van der Waals surface area contributed by atoms with Gasteiger partial charge in [-0.1, -0.05) is 98.9 Å². The molecule has 0 radical (unpaired) electrons. The molecule has 2 amide bonds. The first-order valence-electron chi connectivity index (χ1n) is 24.6. The number of aliphatic hydroxyl groups is 12. The van der Waals surface area contributed by atoms with E-state index in [9.17, 15) is 70.9 Å². The lowest BCUT2D eigenvalue weighted by molar-refractivity contribution is -0.303. The van der Waals surface area contributed by atoms with Crippen LogP contribution in [0.5, 0.6) is 0 Å². The number of hydrazine groups is 1. The Morgan fingerprint density at radius 3 is 1.89 bits per heavy atom. The van der Waals surface area contributed by atoms with Crippen LogP contribution in [0.3, 0.4) is 0 Å². The first-order valence-corrected chi connectivity index (χ1v) is 24.6. The normalized spacial score (nSPS) is 42.2. The van der Waals surface area contributed by atoms with Gasteiger partial charge in [-0.25, -0.2) is 10.2 Å². The number of carbonyl (C=O) groups excluding carboxylic acids is 2. The van der Waals surface area contributed by atoms with Crippen LogP contribution < -0.4 is 21.9 Å². The molecule has 0 spiro atoms. The lowest BCUT2D eigenvalue weighted by Crippen LogP contribution is -2.64. The monoisotopic (exact) mass is 1030 g/mol. The van der Waals surface area contributed by atoms with E-state index in [1.54, 1.807) is 92.8 Å². The predicted octanol–water partition coefficient (Wildman–Crippen LogP) is -1.46. The topological polar surface area (TPSA) is 376 Å². The van der Waals surface area contributed by atoms with Gasteiger partial charge in [0, 0.05) is 37.5 Å². The second-order valence-corrected chi connectivity index (χ2v) is 19.0. The molecule has 72 heavy (non-hydrogen) atoms. The highest BCUT2D eigenvalue weighted by molar-refractivity contribution is 5.74. The van der Waals surface area contributed by atoms with Crippen LogP contribution in [-0.2, 0) is 23.7 Å². The number of hydrogen-bond acceptors (Lipinski definition) is 20. The number of esters is 1. The molecule has 19 atom stereocenters. The molecule has 0 aliphatic carbocycles. The van der Waals surface area contributed by atoms with Gasteiger partial charge >= 0.3 is 12.0 Å². The Balaban J connectivity index is 1.94. The molecule has 22 nitrogen and oxygen atoms in total. The Kier molecular flexibility index (Phi) is 27.7. The van der Waals surface area contributed by atoms with Crippen LogP contribution in [0.15, 0.2) is 85.1 Å². The molecule has 2 saturated heterocycles. The van der Waals surface area contributed by atoms with E-state index in [2.05, 4.69) is 16.2 Å². The molecule has 0 aromatic rings. The van der Waals surface area contributed by atoms with Gasteiger partial charge < -0.3 is 91.3 Å². The first kappa shape index (κ1) is 62.5. The Morgan fingerprint density at radius 1 is 0.708 bits per heavy atom. The van der Waals surface area contributed by atoms with E-state index < -0.39 is 166 Å². The van der Waals surface area contributed by atoms with Crippen molar-refractivity contribution in [3.05, 3.63) is 85.1 Å². The van der Waals surface area contributed by atoms with E-state index in [-0.39, 0.29) is 31.6 Å². The minimum Gasteiger partial charge on any atom is -0.462 e. The fourth-order valence-electron chi connectivity index (χ4n) is 8.34. The Morgan fingerprint density at radius 2 is 1.29 bits per heavy atom. The molecule has 3 aliphatic heterocycles.